The van der Waals surface area contributed by atoms with E-state index < -0.39 is 0 Å². The van der Waals surface area contributed by atoms with Crippen molar-refractivity contribution in [2.24, 2.45) is 0 Å². The van der Waals surface area contributed by atoms with Crippen LogP contribution in [0.4, 0.5) is 5.13 Å². The second-order valence-corrected chi connectivity index (χ2v) is 5.38. The maximum atomic E-state index is 11.2. The van der Waals surface area contributed by atoms with Crippen molar-refractivity contribution in [2.45, 2.75) is 13.0 Å². The number of hydrogen-bond acceptors (Lipinski definition) is 6. The molecule has 21 heavy (non-hydrogen) atoms. The van der Waals surface area contributed by atoms with Gasteiger partial charge in [-0.05, 0) is 17.7 Å². The average molecular weight is 301 g/mol. The summed E-state index contributed by atoms with van der Waals surface area (Å²) in [5, 5.41) is 11.6. The van der Waals surface area contributed by atoms with Gasteiger partial charge in [0.15, 0.2) is 5.13 Å². The number of benzene rings is 1. The number of carbonyl (C=O) groups is 1. The molecule has 1 heterocycles. The van der Waals surface area contributed by atoms with Crippen LogP contribution in [0.5, 0.6) is 0 Å². The van der Waals surface area contributed by atoms with Gasteiger partial charge in [0.25, 0.3) is 0 Å². The molecule has 108 valence electrons. The zero-order valence-corrected chi connectivity index (χ0v) is 12.7. The predicted octanol–water partition coefficient (Wildman–Crippen LogP) is 2.37. The first kappa shape index (κ1) is 15.0. The van der Waals surface area contributed by atoms with Gasteiger partial charge in [0.05, 0.1) is 30.9 Å². The van der Waals surface area contributed by atoms with E-state index in [-0.39, 0.29) is 12.4 Å². The van der Waals surface area contributed by atoms with Gasteiger partial charge in [-0.25, -0.2) is 4.98 Å². The standard InChI is InChI=1S/C15H15N3O2S/c1-18(9-12-5-3-4-11(6-12)8-16)15-17-13(10-21-15)7-14(19)20-2/h3-6,10H,7,9H2,1-2H3. The summed E-state index contributed by atoms with van der Waals surface area (Å²) in [6.07, 6.45) is 0.185. The quantitative estimate of drug-likeness (QED) is 0.793. The lowest BCUT2D eigenvalue weighted by Crippen LogP contribution is -2.16. The molecule has 0 saturated heterocycles. The van der Waals surface area contributed by atoms with Crippen LogP contribution in [-0.4, -0.2) is 25.1 Å². The fourth-order valence-electron chi connectivity index (χ4n) is 1.85. The Bertz CT molecular complexity index is 676. The lowest BCUT2D eigenvalue weighted by atomic mass is 10.1. The topological polar surface area (TPSA) is 66.2 Å². The molecule has 0 bridgehead atoms. The molecule has 0 N–H and O–H groups in total. The van der Waals surface area contributed by atoms with Crippen LogP contribution in [0.15, 0.2) is 29.6 Å². The van der Waals surface area contributed by atoms with Crippen molar-refractivity contribution in [3.8, 4) is 6.07 Å². The number of nitrogens with zero attached hydrogens (tertiary/aromatic N) is 3. The fourth-order valence-corrected chi connectivity index (χ4v) is 2.65. The van der Waals surface area contributed by atoms with Crippen molar-refractivity contribution in [1.29, 1.82) is 5.26 Å². The number of aromatic nitrogens is 1. The number of anilines is 1. The van der Waals surface area contributed by atoms with E-state index in [4.69, 9.17) is 5.26 Å². The van der Waals surface area contributed by atoms with Gasteiger partial charge < -0.3 is 9.64 Å². The molecule has 0 fully saturated rings. The minimum Gasteiger partial charge on any atom is -0.469 e. The molecule has 0 aliphatic carbocycles. The SMILES string of the molecule is COC(=O)Cc1csc(N(C)Cc2cccc(C#N)c2)n1. The first-order chi connectivity index (χ1) is 10.1. The summed E-state index contributed by atoms with van der Waals surface area (Å²) in [6.45, 7) is 0.653. The van der Waals surface area contributed by atoms with Crippen molar-refractivity contribution >= 4 is 22.4 Å². The monoisotopic (exact) mass is 301 g/mol. The number of esters is 1. The van der Waals surface area contributed by atoms with E-state index in [1.807, 2.05) is 35.5 Å². The molecule has 6 heteroatoms. The van der Waals surface area contributed by atoms with E-state index in [1.54, 1.807) is 6.07 Å². The van der Waals surface area contributed by atoms with Crippen molar-refractivity contribution in [2.75, 3.05) is 19.1 Å². The number of ether oxygens (including phenoxy) is 1. The Morgan fingerprint density at radius 3 is 3.05 bits per heavy atom. The van der Waals surface area contributed by atoms with Crippen molar-refractivity contribution in [3.63, 3.8) is 0 Å². The number of rotatable bonds is 5. The largest absolute Gasteiger partial charge is 0.469 e. The summed E-state index contributed by atoms with van der Waals surface area (Å²) in [5.41, 5.74) is 2.40. The minimum absolute atomic E-state index is 0.185. The third-order valence-electron chi connectivity index (χ3n) is 2.90. The molecule has 0 amide bonds. The highest BCUT2D eigenvalue weighted by Crippen LogP contribution is 2.21. The van der Waals surface area contributed by atoms with Crippen LogP contribution < -0.4 is 4.90 Å². The number of thiazole rings is 1. The van der Waals surface area contributed by atoms with Crippen LogP contribution in [0, 0.1) is 11.3 Å². The van der Waals surface area contributed by atoms with E-state index in [9.17, 15) is 4.79 Å². The Kier molecular flexibility index (Phi) is 4.90. The maximum Gasteiger partial charge on any atom is 0.311 e. The van der Waals surface area contributed by atoms with E-state index in [0.717, 1.165) is 10.7 Å². The highest BCUT2D eigenvalue weighted by Gasteiger charge is 2.11. The fraction of sp³-hybridized carbons (Fsp3) is 0.267. The highest BCUT2D eigenvalue weighted by molar-refractivity contribution is 7.13. The van der Waals surface area contributed by atoms with Gasteiger partial charge in [-0.15, -0.1) is 11.3 Å². The summed E-state index contributed by atoms with van der Waals surface area (Å²) in [6, 6.07) is 9.61. The Morgan fingerprint density at radius 2 is 2.33 bits per heavy atom. The molecule has 0 aliphatic rings. The summed E-state index contributed by atoms with van der Waals surface area (Å²) < 4.78 is 4.63. The summed E-state index contributed by atoms with van der Waals surface area (Å²) in [5.74, 6) is -0.295. The Morgan fingerprint density at radius 1 is 1.52 bits per heavy atom. The van der Waals surface area contributed by atoms with Gasteiger partial charge in [-0.2, -0.15) is 5.26 Å². The second kappa shape index (κ2) is 6.86. The number of carbonyl (C=O) groups excluding carboxylic acids is 1. The van der Waals surface area contributed by atoms with Crippen molar-refractivity contribution < 1.29 is 9.53 Å². The molecular weight excluding hydrogens is 286 g/mol. The molecule has 0 spiro atoms. The van der Waals surface area contributed by atoms with Crippen LogP contribution >= 0.6 is 11.3 Å². The molecule has 0 aliphatic heterocycles. The lowest BCUT2D eigenvalue weighted by molar-refractivity contribution is -0.139. The van der Waals surface area contributed by atoms with Crippen LogP contribution in [0.25, 0.3) is 0 Å². The molecule has 0 atom stereocenters. The Labute approximate surface area is 127 Å². The summed E-state index contributed by atoms with van der Waals surface area (Å²) in [4.78, 5) is 17.6. The normalized spacial score (nSPS) is 9.95. The van der Waals surface area contributed by atoms with Crippen LogP contribution in [-0.2, 0) is 22.5 Å². The molecule has 5 nitrogen and oxygen atoms in total. The average Bonchev–Trinajstić information content (AvgIpc) is 2.96. The molecule has 2 rings (SSSR count). The number of hydrogen-bond donors (Lipinski definition) is 0. The molecule has 0 radical (unpaired) electrons. The van der Waals surface area contributed by atoms with Gasteiger partial charge in [-0.1, -0.05) is 12.1 Å². The predicted molar refractivity (Wildman–Crippen MR) is 81.1 cm³/mol. The molecule has 2 aromatic rings. The Hall–Kier alpha value is -2.39. The first-order valence-corrected chi connectivity index (χ1v) is 7.21. The van der Waals surface area contributed by atoms with Gasteiger partial charge in [-0.3, -0.25) is 4.79 Å². The molecule has 0 unspecified atom stereocenters. The zero-order valence-electron chi connectivity index (χ0n) is 11.9. The van der Waals surface area contributed by atoms with Gasteiger partial charge in [0, 0.05) is 19.0 Å². The van der Waals surface area contributed by atoms with E-state index in [1.165, 1.54) is 18.4 Å². The number of nitriles is 1. The molecule has 1 aromatic heterocycles. The van der Waals surface area contributed by atoms with Gasteiger partial charge >= 0.3 is 5.97 Å². The van der Waals surface area contributed by atoms with E-state index in [0.29, 0.717) is 17.8 Å². The van der Waals surface area contributed by atoms with Crippen molar-refractivity contribution in [3.05, 3.63) is 46.5 Å². The zero-order chi connectivity index (χ0) is 15.2. The molecule has 0 saturated carbocycles. The number of methoxy groups -OCH3 is 1. The van der Waals surface area contributed by atoms with Gasteiger partial charge in [0.2, 0.25) is 0 Å². The minimum atomic E-state index is -0.295. The van der Waals surface area contributed by atoms with Crippen LogP contribution in [0.1, 0.15) is 16.8 Å². The Balaban J connectivity index is 2.04. The third kappa shape index (κ3) is 4.04. The molecular formula is C15H15N3O2S. The third-order valence-corrected chi connectivity index (χ3v) is 3.90. The van der Waals surface area contributed by atoms with E-state index in [2.05, 4.69) is 15.8 Å². The highest BCUT2D eigenvalue weighted by atomic mass is 32.1. The van der Waals surface area contributed by atoms with Crippen LogP contribution in [0.3, 0.4) is 0 Å². The van der Waals surface area contributed by atoms with E-state index >= 15 is 0 Å². The first-order valence-electron chi connectivity index (χ1n) is 6.33. The van der Waals surface area contributed by atoms with Gasteiger partial charge in [0.1, 0.15) is 0 Å². The second-order valence-electron chi connectivity index (χ2n) is 4.54. The maximum absolute atomic E-state index is 11.2. The smallest absolute Gasteiger partial charge is 0.311 e. The van der Waals surface area contributed by atoms with Crippen LogP contribution in [0.2, 0.25) is 0 Å². The summed E-state index contributed by atoms with van der Waals surface area (Å²) in [7, 11) is 3.30. The van der Waals surface area contributed by atoms with Crippen molar-refractivity contribution in [1.82, 2.24) is 4.98 Å². The summed E-state index contributed by atoms with van der Waals surface area (Å²) >= 11 is 1.48. The molecule has 1 aromatic carbocycles. The lowest BCUT2D eigenvalue weighted by Gasteiger charge is -2.15.